The van der Waals surface area contributed by atoms with E-state index in [0.717, 1.165) is 18.2 Å². The highest BCUT2D eigenvalue weighted by Crippen LogP contribution is 2.24. The lowest BCUT2D eigenvalue weighted by Crippen LogP contribution is -2.02. The first-order chi connectivity index (χ1) is 9.52. The molecule has 4 nitrogen and oxygen atoms in total. The van der Waals surface area contributed by atoms with Crippen LogP contribution in [-0.2, 0) is 0 Å². The molecule has 2 rings (SSSR count). The number of benzene rings is 2. The van der Waals surface area contributed by atoms with Gasteiger partial charge in [-0.15, -0.1) is 0 Å². The van der Waals surface area contributed by atoms with E-state index in [1.807, 2.05) is 0 Å². The molecule has 2 N–H and O–H groups in total. The van der Waals surface area contributed by atoms with Gasteiger partial charge in [0.25, 0.3) is 0 Å². The topological polar surface area (TPSA) is 73.1 Å². The normalized spacial score (nSPS) is 9.85. The lowest BCUT2D eigenvalue weighted by Gasteiger charge is -2.09. The maximum atomic E-state index is 13.5. The van der Waals surface area contributed by atoms with E-state index < -0.39 is 23.2 Å². The number of carbonyl (C=O) groups is 1. The molecule has 2 aromatic carbocycles. The van der Waals surface area contributed by atoms with Crippen LogP contribution in [0.1, 0.15) is 15.9 Å². The Labute approximate surface area is 112 Å². The van der Waals surface area contributed by atoms with Crippen molar-refractivity contribution in [2.24, 2.45) is 0 Å². The molecule has 6 heteroatoms. The van der Waals surface area contributed by atoms with Gasteiger partial charge in [0.05, 0.1) is 11.3 Å². The first-order valence-electron chi connectivity index (χ1n) is 5.51. The van der Waals surface area contributed by atoms with Crippen molar-refractivity contribution in [1.29, 1.82) is 5.26 Å². The standard InChI is InChI=1S/C14H8F2N2O2/c15-11-2-1-3-13(10(11)7-17)18-8-4-5-9(14(19)20)12(16)6-8/h1-6,18H,(H,19,20). The fourth-order valence-electron chi connectivity index (χ4n) is 1.66. The zero-order valence-corrected chi connectivity index (χ0v) is 10.0. The Morgan fingerprint density at radius 3 is 2.55 bits per heavy atom. The molecule has 0 spiro atoms. The molecule has 0 amide bonds. The molecular formula is C14H8F2N2O2. The summed E-state index contributed by atoms with van der Waals surface area (Å²) >= 11 is 0. The summed E-state index contributed by atoms with van der Waals surface area (Å²) in [4.78, 5) is 10.7. The van der Waals surface area contributed by atoms with Gasteiger partial charge in [0.15, 0.2) is 0 Å². The number of hydrogen-bond acceptors (Lipinski definition) is 3. The van der Waals surface area contributed by atoms with Crippen LogP contribution in [0.3, 0.4) is 0 Å². The molecule has 0 aliphatic heterocycles. The van der Waals surface area contributed by atoms with E-state index in [1.54, 1.807) is 6.07 Å². The molecule has 0 saturated heterocycles. The third-order valence-corrected chi connectivity index (χ3v) is 2.60. The maximum Gasteiger partial charge on any atom is 0.338 e. The summed E-state index contributed by atoms with van der Waals surface area (Å²) in [5.74, 6) is -2.99. The van der Waals surface area contributed by atoms with Gasteiger partial charge in [-0.1, -0.05) is 6.07 Å². The maximum absolute atomic E-state index is 13.5. The number of nitriles is 1. The second-order valence-corrected chi connectivity index (χ2v) is 3.90. The van der Waals surface area contributed by atoms with Crippen molar-refractivity contribution in [2.45, 2.75) is 0 Å². The van der Waals surface area contributed by atoms with Crippen molar-refractivity contribution in [2.75, 3.05) is 5.32 Å². The van der Waals surface area contributed by atoms with Gasteiger partial charge in [0.1, 0.15) is 23.3 Å². The van der Waals surface area contributed by atoms with E-state index in [9.17, 15) is 13.6 Å². The van der Waals surface area contributed by atoms with E-state index in [-0.39, 0.29) is 16.9 Å². The van der Waals surface area contributed by atoms with Crippen LogP contribution in [0.2, 0.25) is 0 Å². The highest BCUT2D eigenvalue weighted by atomic mass is 19.1. The number of aromatic carboxylic acids is 1. The van der Waals surface area contributed by atoms with Crippen LogP contribution >= 0.6 is 0 Å². The van der Waals surface area contributed by atoms with Gasteiger partial charge in [-0.25, -0.2) is 13.6 Å². The Balaban J connectivity index is 2.37. The van der Waals surface area contributed by atoms with Crippen molar-refractivity contribution >= 4 is 17.3 Å². The molecule has 0 aromatic heterocycles. The number of carboxylic acid groups (broad SMARTS) is 1. The van der Waals surface area contributed by atoms with Crippen molar-refractivity contribution < 1.29 is 18.7 Å². The van der Waals surface area contributed by atoms with Crippen LogP contribution in [0, 0.1) is 23.0 Å². The Morgan fingerprint density at radius 2 is 1.95 bits per heavy atom. The minimum Gasteiger partial charge on any atom is -0.478 e. The summed E-state index contributed by atoms with van der Waals surface area (Å²) in [5, 5.41) is 20.3. The van der Waals surface area contributed by atoms with Crippen molar-refractivity contribution in [3.05, 3.63) is 59.2 Å². The summed E-state index contributed by atoms with van der Waals surface area (Å²) in [6.07, 6.45) is 0. The van der Waals surface area contributed by atoms with Crippen molar-refractivity contribution in [1.82, 2.24) is 0 Å². The predicted octanol–water partition coefficient (Wildman–Crippen LogP) is 3.28. The smallest absolute Gasteiger partial charge is 0.338 e. The molecule has 0 aliphatic rings. The largest absolute Gasteiger partial charge is 0.478 e. The number of halogens is 2. The number of anilines is 2. The molecule has 20 heavy (non-hydrogen) atoms. The average molecular weight is 274 g/mol. The van der Waals surface area contributed by atoms with Crippen LogP contribution in [0.4, 0.5) is 20.2 Å². The third-order valence-electron chi connectivity index (χ3n) is 2.60. The van der Waals surface area contributed by atoms with Crippen LogP contribution in [0.25, 0.3) is 0 Å². The van der Waals surface area contributed by atoms with Gasteiger partial charge >= 0.3 is 5.97 Å². The SMILES string of the molecule is N#Cc1c(F)cccc1Nc1ccc(C(=O)O)c(F)c1. The Morgan fingerprint density at radius 1 is 1.20 bits per heavy atom. The summed E-state index contributed by atoms with van der Waals surface area (Å²) in [7, 11) is 0. The Bertz CT molecular complexity index is 724. The van der Waals surface area contributed by atoms with E-state index in [1.165, 1.54) is 18.2 Å². The van der Waals surface area contributed by atoms with Crippen molar-refractivity contribution in [3.8, 4) is 6.07 Å². The zero-order valence-electron chi connectivity index (χ0n) is 10.0. The number of nitrogens with zero attached hydrogens (tertiary/aromatic N) is 1. The van der Waals surface area contributed by atoms with Gasteiger partial charge < -0.3 is 10.4 Å². The second-order valence-electron chi connectivity index (χ2n) is 3.90. The fraction of sp³-hybridized carbons (Fsp3) is 0. The minimum absolute atomic E-state index is 0.176. The minimum atomic E-state index is -1.38. The summed E-state index contributed by atoms with van der Waals surface area (Å²) in [5.41, 5.74) is -0.268. The summed E-state index contributed by atoms with van der Waals surface area (Å²) in [6, 6.07) is 9.09. The van der Waals surface area contributed by atoms with Crippen LogP contribution in [0.15, 0.2) is 36.4 Å². The number of carboxylic acids is 1. The zero-order chi connectivity index (χ0) is 14.7. The molecule has 0 atom stereocenters. The van der Waals surface area contributed by atoms with E-state index in [4.69, 9.17) is 10.4 Å². The molecule has 0 radical (unpaired) electrons. The molecule has 0 heterocycles. The second kappa shape index (κ2) is 5.36. The molecule has 2 aromatic rings. The van der Waals surface area contributed by atoms with Crippen LogP contribution < -0.4 is 5.32 Å². The van der Waals surface area contributed by atoms with Gasteiger partial charge in [-0.2, -0.15) is 5.26 Å². The van der Waals surface area contributed by atoms with Gasteiger partial charge in [-0.3, -0.25) is 0 Å². The average Bonchev–Trinajstić information content (AvgIpc) is 2.38. The van der Waals surface area contributed by atoms with E-state index >= 15 is 0 Å². The number of hydrogen-bond donors (Lipinski definition) is 2. The van der Waals surface area contributed by atoms with E-state index in [2.05, 4.69) is 5.32 Å². The molecule has 0 saturated carbocycles. The van der Waals surface area contributed by atoms with Gasteiger partial charge in [0.2, 0.25) is 0 Å². The third kappa shape index (κ3) is 2.57. The highest BCUT2D eigenvalue weighted by Gasteiger charge is 2.12. The van der Waals surface area contributed by atoms with Crippen LogP contribution in [0.5, 0.6) is 0 Å². The van der Waals surface area contributed by atoms with Crippen LogP contribution in [-0.4, -0.2) is 11.1 Å². The Kier molecular flexibility index (Phi) is 3.62. The predicted molar refractivity (Wildman–Crippen MR) is 67.8 cm³/mol. The summed E-state index contributed by atoms with van der Waals surface area (Å²) < 4.78 is 26.9. The molecule has 0 fully saturated rings. The Hall–Kier alpha value is -2.94. The monoisotopic (exact) mass is 274 g/mol. The van der Waals surface area contributed by atoms with Gasteiger partial charge in [-0.05, 0) is 30.3 Å². The molecule has 0 bridgehead atoms. The molecule has 100 valence electrons. The van der Waals surface area contributed by atoms with E-state index in [0.29, 0.717) is 0 Å². The lowest BCUT2D eigenvalue weighted by molar-refractivity contribution is 0.0692. The first-order valence-corrected chi connectivity index (χ1v) is 5.51. The first kappa shape index (κ1) is 13.5. The quantitative estimate of drug-likeness (QED) is 0.900. The fourth-order valence-corrected chi connectivity index (χ4v) is 1.66. The molecular weight excluding hydrogens is 266 g/mol. The number of rotatable bonds is 3. The lowest BCUT2D eigenvalue weighted by atomic mass is 10.1. The highest BCUT2D eigenvalue weighted by molar-refractivity contribution is 5.88. The van der Waals surface area contributed by atoms with Gasteiger partial charge in [0, 0.05) is 5.69 Å². The summed E-state index contributed by atoms with van der Waals surface area (Å²) in [6.45, 7) is 0. The number of nitrogens with one attached hydrogen (secondary N) is 1. The molecule has 0 aliphatic carbocycles. The van der Waals surface area contributed by atoms with Crippen molar-refractivity contribution in [3.63, 3.8) is 0 Å². The molecule has 0 unspecified atom stereocenters.